The molecule has 0 aliphatic carbocycles. The van der Waals surface area contributed by atoms with Crippen molar-refractivity contribution in [2.75, 3.05) is 6.54 Å². The van der Waals surface area contributed by atoms with E-state index in [0.29, 0.717) is 29.2 Å². The maximum atomic E-state index is 12.2. The molecular weight excluding hydrogens is 484 g/mol. The average Bonchev–Trinajstić information content (AvgIpc) is 3.57. The monoisotopic (exact) mass is 508 g/mol. The van der Waals surface area contributed by atoms with E-state index in [-0.39, 0.29) is 18.7 Å². The van der Waals surface area contributed by atoms with Gasteiger partial charge in [0.15, 0.2) is 0 Å². The number of ether oxygens (including phenoxy) is 1. The predicted molar refractivity (Wildman–Crippen MR) is 134 cm³/mol. The summed E-state index contributed by atoms with van der Waals surface area (Å²) >= 11 is 7.82. The Hall–Kier alpha value is -3.04. The van der Waals surface area contributed by atoms with Crippen LogP contribution in [-0.4, -0.2) is 43.6 Å². The Kier molecular flexibility index (Phi) is 7.24. The highest BCUT2D eigenvalue weighted by Gasteiger charge is 2.37. The van der Waals surface area contributed by atoms with Gasteiger partial charge in [-0.15, -0.1) is 16.4 Å². The van der Waals surface area contributed by atoms with Gasteiger partial charge in [-0.25, -0.2) is 9.48 Å². The van der Waals surface area contributed by atoms with Crippen LogP contribution >= 0.6 is 22.9 Å². The number of aliphatic hydroxyl groups is 1. The van der Waals surface area contributed by atoms with E-state index in [1.807, 2.05) is 36.4 Å². The van der Waals surface area contributed by atoms with Gasteiger partial charge in [0.2, 0.25) is 0 Å². The van der Waals surface area contributed by atoms with Crippen LogP contribution in [-0.2, 0) is 17.9 Å². The zero-order valence-electron chi connectivity index (χ0n) is 18.9. The summed E-state index contributed by atoms with van der Waals surface area (Å²) in [5.41, 5.74) is 2.14. The molecule has 2 aromatic carbocycles. The number of halogens is 1. The molecule has 5 rings (SSSR count). The number of hydrogen-bond acceptors (Lipinski definition) is 7. The molecule has 9 heteroatoms. The fraction of sp³-hybridized carbons (Fsp3) is 0.269. The molecular formula is C26H25ClN4O3S. The number of aromatic nitrogens is 3. The van der Waals surface area contributed by atoms with Gasteiger partial charge in [-0.05, 0) is 47.7 Å². The molecule has 1 aliphatic rings. The number of esters is 1. The molecule has 1 fully saturated rings. The molecule has 1 N–H and O–H groups in total. The average molecular weight is 509 g/mol. The third-order valence-electron chi connectivity index (χ3n) is 6.22. The van der Waals surface area contributed by atoms with Crippen molar-refractivity contribution in [3.05, 3.63) is 105 Å². The molecule has 1 aliphatic heterocycles. The number of benzene rings is 2. The summed E-state index contributed by atoms with van der Waals surface area (Å²) in [5, 5.41) is 22.3. The molecule has 0 saturated carbocycles. The normalized spacial score (nSPS) is 20.6. The number of carbonyl (C=O) groups is 1. The summed E-state index contributed by atoms with van der Waals surface area (Å²) in [5.74, 6) is -0.411. The molecule has 0 radical (unpaired) electrons. The molecule has 180 valence electrons. The molecule has 1 saturated heterocycles. The van der Waals surface area contributed by atoms with E-state index in [2.05, 4.69) is 26.7 Å². The number of rotatable bonds is 7. The summed E-state index contributed by atoms with van der Waals surface area (Å²) < 4.78 is 7.07. The fourth-order valence-corrected chi connectivity index (χ4v) is 5.29. The molecule has 0 bridgehead atoms. The summed E-state index contributed by atoms with van der Waals surface area (Å²) in [6, 6.07) is 20.6. The molecule has 7 nitrogen and oxygen atoms in total. The Balaban J connectivity index is 1.30. The van der Waals surface area contributed by atoms with Gasteiger partial charge in [-0.2, -0.15) is 0 Å². The van der Waals surface area contributed by atoms with Crippen molar-refractivity contribution in [3.8, 4) is 0 Å². The van der Waals surface area contributed by atoms with Crippen LogP contribution in [0.15, 0.2) is 78.3 Å². The lowest BCUT2D eigenvalue weighted by Gasteiger charge is -2.42. The zero-order chi connectivity index (χ0) is 24.2. The maximum Gasteiger partial charge on any atom is 0.338 e. The lowest BCUT2D eigenvalue weighted by atomic mass is 9.90. The van der Waals surface area contributed by atoms with Crippen molar-refractivity contribution in [1.82, 2.24) is 19.9 Å². The number of likely N-dealkylation sites (tertiary alicyclic amines) is 1. The lowest BCUT2D eigenvalue weighted by molar-refractivity contribution is -0.0105. The van der Waals surface area contributed by atoms with Gasteiger partial charge in [-0.3, -0.25) is 4.90 Å². The first-order chi connectivity index (χ1) is 17.1. The minimum absolute atomic E-state index is 0.0167. The van der Waals surface area contributed by atoms with E-state index in [9.17, 15) is 9.90 Å². The van der Waals surface area contributed by atoms with E-state index >= 15 is 0 Å². The molecule has 35 heavy (non-hydrogen) atoms. The minimum Gasteiger partial charge on any atom is -0.455 e. The smallest absolute Gasteiger partial charge is 0.338 e. The van der Waals surface area contributed by atoms with Crippen LogP contribution in [0.25, 0.3) is 0 Å². The molecule has 2 aromatic heterocycles. The van der Waals surface area contributed by atoms with E-state index in [0.717, 1.165) is 12.1 Å². The van der Waals surface area contributed by atoms with Gasteiger partial charge in [0.25, 0.3) is 0 Å². The molecule has 0 spiro atoms. The summed E-state index contributed by atoms with van der Waals surface area (Å²) in [7, 11) is 0. The first-order valence-electron chi connectivity index (χ1n) is 11.4. The Labute approximate surface area is 212 Å². The molecule has 3 atom stereocenters. The first-order valence-corrected chi connectivity index (χ1v) is 12.7. The fourth-order valence-electron chi connectivity index (χ4n) is 4.43. The van der Waals surface area contributed by atoms with Crippen molar-refractivity contribution in [2.45, 2.75) is 37.8 Å². The van der Waals surface area contributed by atoms with Gasteiger partial charge >= 0.3 is 5.97 Å². The second kappa shape index (κ2) is 10.7. The number of aliphatic hydroxyl groups excluding tert-OH is 1. The summed E-state index contributed by atoms with van der Waals surface area (Å²) in [6.45, 7) is 1.38. The maximum absolute atomic E-state index is 12.2. The molecule has 0 amide bonds. The Morgan fingerprint density at radius 3 is 2.66 bits per heavy atom. The Morgan fingerprint density at radius 1 is 1.11 bits per heavy atom. The van der Waals surface area contributed by atoms with Crippen molar-refractivity contribution in [1.29, 1.82) is 0 Å². The van der Waals surface area contributed by atoms with Crippen LogP contribution in [0, 0.1) is 0 Å². The predicted octanol–water partition coefficient (Wildman–Crippen LogP) is 4.90. The number of carbonyl (C=O) groups excluding carboxylic acids is 1. The SMILES string of the molecule is O=C(OCc1cn([C@@H]2CN(Cc3cccs3)[C@@H](c3ccc(Cl)cc3)C[C@H]2O)nn1)c1ccccc1. The Morgan fingerprint density at radius 2 is 1.91 bits per heavy atom. The van der Waals surface area contributed by atoms with E-state index in [4.69, 9.17) is 16.3 Å². The third-order valence-corrected chi connectivity index (χ3v) is 7.34. The number of hydrogen-bond donors (Lipinski definition) is 1. The van der Waals surface area contributed by atoms with Crippen LogP contribution in [0.4, 0.5) is 0 Å². The molecule has 4 aromatic rings. The largest absolute Gasteiger partial charge is 0.455 e. The van der Waals surface area contributed by atoms with Gasteiger partial charge in [0, 0.05) is 29.0 Å². The van der Waals surface area contributed by atoms with Crippen molar-refractivity contribution < 1.29 is 14.6 Å². The van der Waals surface area contributed by atoms with Crippen LogP contribution in [0.1, 0.15) is 45.0 Å². The highest BCUT2D eigenvalue weighted by molar-refractivity contribution is 7.09. The summed E-state index contributed by atoms with van der Waals surface area (Å²) in [4.78, 5) is 15.9. The van der Waals surface area contributed by atoms with Crippen molar-refractivity contribution in [3.63, 3.8) is 0 Å². The topological polar surface area (TPSA) is 80.5 Å². The minimum atomic E-state index is -0.614. The first kappa shape index (κ1) is 23.7. The second-order valence-corrected chi connectivity index (χ2v) is 10.0. The van der Waals surface area contributed by atoms with Gasteiger partial charge in [-0.1, -0.05) is 53.2 Å². The highest BCUT2D eigenvalue weighted by Crippen LogP contribution is 2.37. The van der Waals surface area contributed by atoms with Crippen LogP contribution in [0.2, 0.25) is 5.02 Å². The molecule has 0 unspecified atom stereocenters. The standard InChI is InChI=1S/C26H25ClN4O3S/c27-20-10-8-18(9-11-20)23-13-25(32)24(16-30(23)15-22-7-4-12-35-22)31-14-21(28-29-31)17-34-26(33)19-5-2-1-3-6-19/h1-12,14,23-25,32H,13,15-17H2/t23-,24-,25-/m1/s1. The number of piperidine rings is 1. The summed E-state index contributed by atoms with van der Waals surface area (Å²) in [6.07, 6.45) is 1.69. The Bertz CT molecular complexity index is 1250. The zero-order valence-corrected chi connectivity index (χ0v) is 20.5. The van der Waals surface area contributed by atoms with Crippen LogP contribution < -0.4 is 0 Å². The van der Waals surface area contributed by atoms with Crippen molar-refractivity contribution in [2.24, 2.45) is 0 Å². The third kappa shape index (κ3) is 5.62. The quantitative estimate of drug-likeness (QED) is 0.358. The van der Waals surface area contributed by atoms with Crippen LogP contribution in [0.3, 0.4) is 0 Å². The van der Waals surface area contributed by atoms with E-state index in [1.54, 1.807) is 46.5 Å². The van der Waals surface area contributed by atoms with E-state index in [1.165, 1.54) is 4.88 Å². The van der Waals surface area contributed by atoms with Gasteiger partial charge in [0.1, 0.15) is 12.3 Å². The van der Waals surface area contributed by atoms with Crippen LogP contribution in [0.5, 0.6) is 0 Å². The lowest BCUT2D eigenvalue weighted by Crippen LogP contribution is -2.45. The second-order valence-electron chi connectivity index (χ2n) is 8.58. The highest BCUT2D eigenvalue weighted by atomic mass is 35.5. The van der Waals surface area contributed by atoms with Crippen molar-refractivity contribution >= 4 is 28.9 Å². The van der Waals surface area contributed by atoms with Gasteiger partial charge < -0.3 is 9.84 Å². The van der Waals surface area contributed by atoms with Gasteiger partial charge in [0.05, 0.1) is 23.9 Å². The molecule has 3 heterocycles. The van der Waals surface area contributed by atoms with E-state index < -0.39 is 12.1 Å². The number of nitrogens with zero attached hydrogens (tertiary/aromatic N) is 4. The number of thiophene rings is 1.